The van der Waals surface area contributed by atoms with E-state index in [1.165, 1.54) is 4.90 Å². The topological polar surface area (TPSA) is 125 Å². The van der Waals surface area contributed by atoms with E-state index in [1.807, 2.05) is 0 Å². The van der Waals surface area contributed by atoms with Crippen molar-refractivity contribution in [1.82, 2.24) is 4.90 Å². The first-order valence-electron chi connectivity index (χ1n) is 14.5. The van der Waals surface area contributed by atoms with Crippen molar-refractivity contribution >= 4 is 23.0 Å². The molecule has 258 valence electrons. The number of alkyl halides is 6. The van der Waals surface area contributed by atoms with Gasteiger partial charge in [0.05, 0.1) is 77.2 Å². The summed E-state index contributed by atoms with van der Waals surface area (Å²) < 4.78 is 107. The molecule has 1 amide bonds. The lowest BCUT2D eigenvalue weighted by Crippen LogP contribution is -2.50. The third-order valence-electron chi connectivity index (χ3n) is 6.81. The number of anilines is 3. The Balaban J connectivity index is 1.78. The molecule has 0 aromatic heterocycles. The number of hydrogen-bond acceptors (Lipinski definition) is 10. The van der Waals surface area contributed by atoms with E-state index in [9.17, 15) is 40.7 Å². The zero-order chi connectivity index (χ0) is 33.9. The molecule has 0 saturated carbocycles. The van der Waals surface area contributed by atoms with Gasteiger partial charge in [-0.3, -0.25) is 14.4 Å². The van der Waals surface area contributed by atoms with Crippen molar-refractivity contribution in [1.29, 1.82) is 0 Å². The maximum Gasteiger partial charge on any atom is 0.416 e. The smallest absolute Gasteiger partial charge is 0.377 e. The van der Waals surface area contributed by atoms with Crippen molar-refractivity contribution in [3.63, 3.8) is 0 Å². The van der Waals surface area contributed by atoms with Gasteiger partial charge in [-0.1, -0.05) is 13.8 Å². The van der Waals surface area contributed by atoms with E-state index in [-0.39, 0.29) is 45.6 Å². The van der Waals surface area contributed by atoms with Crippen LogP contribution in [0.2, 0.25) is 0 Å². The van der Waals surface area contributed by atoms with Crippen LogP contribution >= 0.6 is 0 Å². The molecule has 0 unspecified atom stereocenters. The van der Waals surface area contributed by atoms with Gasteiger partial charge in [-0.05, 0) is 24.1 Å². The van der Waals surface area contributed by atoms with Crippen LogP contribution in [-0.2, 0) is 40.8 Å². The molecule has 1 aliphatic rings. The molecule has 0 aliphatic carbocycles. The Morgan fingerprint density at radius 3 is 1.46 bits per heavy atom. The SMILES string of the molecule is CC(C)[C@H](Nc1c(Nc2cc(C(F)(F)F)cc(C(F)(F)F)c2)c(=O)c1=O)C(=O)N1CCOCCOCCOCCOCCOCC1. The number of nitrogens with one attached hydrogen (secondary N) is 2. The minimum absolute atomic E-state index is 0.0609. The zero-order valence-corrected chi connectivity index (χ0v) is 25.4. The van der Waals surface area contributed by atoms with Gasteiger partial charge in [-0.2, -0.15) is 26.3 Å². The Labute approximate surface area is 260 Å². The van der Waals surface area contributed by atoms with Crippen molar-refractivity contribution < 1.29 is 54.8 Å². The van der Waals surface area contributed by atoms with Crippen molar-refractivity contribution in [3.05, 3.63) is 49.8 Å². The van der Waals surface area contributed by atoms with Crippen LogP contribution < -0.4 is 21.5 Å². The van der Waals surface area contributed by atoms with Crippen LogP contribution in [-0.4, -0.2) is 96.0 Å². The summed E-state index contributed by atoms with van der Waals surface area (Å²) in [6.45, 7) is 6.41. The summed E-state index contributed by atoms with van der Waals surface area (Å²) in [7, 11) is 0. The van der Waals surface area contributed by atoms with Gasteiger partial charge in [0.2, 0.25) is 5.91 Å². The molecule has 0 radical (unpaired) electrons. The Morgan fingerprint density at radius 2 is 1.07 bits per heavy atom. The molecular formula is C29H37F6N3O8. The molecule has 11 nitrogen and oxygen atoms in total. The zero-order valence-electron chi connectivity index (χ0n) is 25.4. The van der Waals surface area contributed by atoms with Gasteiger partial charge in [0.1, 0.15) is 17.4 Å². The molecule has 1 aliphatic heterocycles. The van der Waals surface area contributed by atoms with E-state index in [4.69, 9.17) is 23.7 Å². The third-order valence-corrected chi connectivity index (χ3v) is 6.81. The average Bonchev–Trinajstić information content (AvgIpc) is 2.99. The van der Waals surface area contributed by atoms with E-state index >= 15 is 0 Å². The lowest BCUT2D eigenvalue weighted by atomic mass is 10.0. The van der Waals surface area contributed by atoms with Crippen molar-refractivity contribution in [2.75, 3.05) is 89.8 Å². The van der Waals surface area contributed by atoms with E-state index < -0.39 is 69.3 Å². The molecule has 2 aromatic carbocycles. The first-order valence-corrected chi connectivity index (χ1v) is 14.5. The van der Waals surface area contributed by atoms with Crippen LogP contribution in [0.5, 0.6) is 0 Å². The van der Waals surface area contributed by atoms with Gasteiger partial charge in [0.25, 0.3) is 10.9 Å². The maximum atomic E-state index is 13.7. The predicted molar refractivity (Wildman–Crippen MR) is 154 cm³/mol. The molecule has 2 aromatic rings. The fraction of sp³-hybridized carbons (Fsp3) is 0.621. The van der Waals surface area contributed by atoms with Gasteiger partial charge < -0.3 is 39.2 Å². The summed E-state index contributed by atoms with van der Waals surface area (Å²) in [4.78, 5) is 40.1. The van der Waals surface area contributed by atoms with E-state index in [0.717, 1.165) is 0 Å². The number of halogens is 6. The summed E-state index contributed by atoms with van der Waals surface area (Å²) >= 11 is 0. The molecule has 1 heterocycles. The monoisotopic (exact) mass is 669 g/mol. The van der Waals surface area contributed by atoms with Crippen molar-refractivity contribution in [3.8, 4) is 0 Å². The lowest BCUT2D eigenvalue weighted by Gasteiger charge is -2.31. The Hall–Kier alpha value is -3.25. The summed E-state index contributed by atoms with van der Waals surface area (Å²) in [6, 6.07) is -0.396. The Morgan fingerprint density at radius 1 is 0.674 bits per heavy atom. The Bertz CT molecular complexity index is 1290. The molecule has 1 fully saturated rings. The summed E-state index contributed by atoms with van der Waals surface area (Å²) in [5, 5.41) is 4.92. The highest BCUT2D eigenvalue weighted by Crippen LogP contribution is 2.38. The summed E-state index contributed by atoms with van der Waals surface area (Å²) in [6.07, 6.45) is -10.2. The standard InChI is InChI=1S/C29H37F6N3O8/c1-18(2)22(27(41)38-3-5-42-7-9-44-11-13-46-14-12-45-10-8-43-6-4-38)37-24-23(25(39)26(24)40)36-21-16-19(28(30,31)32)15-20(17-21)29(33,34)35/h15-18,22,36-37H,3-14H2,1-2H3/t22-/m0/s1. The second-order valence-electron chi connectivity index (χ2n) is 10.6. The fourth-order valence-corrected chi connectivity index (χ4v) is 4.35. The summed E-state index contributed by atoms with van der Waals surface area (Å²) in [5.41, 5.74) is -7.18. The molecule has 17 heteroatoms. The van der Waals surface area contributed by atoms with Gasteiger partial charge >= 0.3 is 12.4 Å². The molecule has 1 saturated heterocycles. The van der Waals surface area contributed by atoms with Crippen molar-refractivity contribution in [2.24, 2.45) is 5.92 Å². The highest BCUT2D eigenvalue weighted by atomic mass is 19.4. The first-order chi connectivity index (χ1) is 21.7. The molecule has 46 heavy (non-hydrogen) atoms. The minimum Gasteiger partial charge on any atom is -0.377 e. The molecule has 3 rings (SSSR count). The first kappa shape index (κ1) is 37.2. The van der Waals surface area contributed by atoms with Crippen molar-refractivity contribution in [2.45, 2.75) is 32.2 Å². The highest BCUT2D eigenvalue weighted by Gasteiger charge is 2.38. The number of carbonyl (C=O) groups is 1. The van der Waals surface area contributed by atoms with Crippen LogP contribution in [0.15, 0.2) is 27.8 Å². The second-order valence-corrected chi connectivity index (χ2v) is 10.6. The van der Waals surface area contributed by atoms with E-state index in [1.54, 1.807) is 13.8 Å². The molecule has 0 bridgehead atoms. The highest BCUT2D eigenvalue weighted by molar-refractivity contribution is 5.88. The second kappa shape index (κ2) is 17.1. The van der Waals surface area contributed by atoms with E-state index in [0.29, 0.717) is 51.8 Å². The number of carbonyl (C=O) groups excluding carboxylic acids is 1. The number of nitrogens with zero attached hydrogens (tertiary/aromatic N) is 1. The maximum absolute atomic E-state index is 13.7. The molecule has 1 atom stereocenters. The molecular weight excluding hydrogens is 632 g/mol. The number of benzene rings is 1. The Kier molecular flexibility index (Phi) is 13.8. The minimum atomic E-state index is -5.12. The van der Waals surface area contributed by atoms with Gasteiger partial charge in [-0.15, -0.1) is 0 Å². The van der Waals surface area contributed by atoms with Crippen LogP contribution in [0.1, 0.15) is 25.0 Å². The fourth-order valence-electron chi connectivity index (χ4n) is 4.35. The quantitative estimate of drug-likeness (QED) is 0.349. The van der Waals surface area contributed by atoms with Crippen LogP contribution in [0, 0.1) is 5.92 Å². The van der Waals surface area contributed by atoms with Crippen LogP contribution in [0.3, 0.4) is 0 Å². The predicted octanol–water partition coefficient (Wildman–Crippen LogP) is 3.43. The van der Waals surface area contributed by atoms with Gasteiger partial charge in [-0.25, -0.2) is 0 Å². The normalized spacial score (nSPS) is 18.2. The number of amides is 1. The van der Waals surface area contributed by atoms with Gasteiger partial charge in [0, 0.05) is 18.8 Å². The lowest BCUT2D eigenvalue weighted by molar-refractivity contribution is -0.143. The largest absolute Gasteiger partial charge is 0.416 e. The van der Waals surface area contributed by atoms with Crippen LogP contribution in [0.4, 0.5) is 43.4 Å². The molecule has 0 spiro atoms. The number of rotatable bonds is 6. The number of hydrogen-bond donors (Lipinski definition) is 2. The average molecular weight is 670 g/mol. The molecule has 2 N–H and O–H groups in total. The van der Waals surface area contributed by atoms with Crippen LogP contribution in [0.25, 0.3) is 0 Å². The summed E-state index contributed by atoms with van der Waals surface area (Å²) in [5.74, 6) is -0.979. The third kappa shape index (κ3) is 10.9. The van der Waals surface area contributed by atoms with Gasteiger partial charge in [0.15, 0.2) is 0 Å². The number of ether oxygens (including phenoxy) is 5. The van der Waals surface area contributed by atoms with E-state index in [2.05, 4.69) is 10.6 Å².